The number of halogens is 3. The molecule has 0 saturated heterocycles. The average Bonchev–Trinajstić information content (AvgIpc) is 3.00. The quantitative estimate of drug-likeness (QED) is 0.653. The highest BCUT2D eigenvalue weighted by Gasteiger charge is 2.30. The van der Waals surface area contributed by atoms with Crippen LogP contribution in [0.3, 0.4) is 0 Å². The highest BCUT2D eigenvalue weighted by Crippen LogP contribution is 2.32. The van der Waals surface area contributed by atoms with Gasteiger partial charge in [-0.2, -0.15) is 13.2 Å². The van der Waals surface area contributed by atoms with Crippen molar-refractivity contribution in [2.24, 2.45) is 0 Å². The summed E-state index contributed by atoms with van der Waals surface area (Å²) in [5.74, 6) is 0.225. The van der Waals surface area contributed by atoms with Gasteiger partial charge in [0.05, 0.1) is 23.0 Å². The van der Waals surface area contributed by atoms with Gasteiger partial charge in [0.25, 0.3) is 0 Å². The number of alkyl halides is 3. The minimum absolute atomic E-state index is 0.225. The Labute approximate surface area is 153 Å². The molecule has 27 heavy (non-hydrogen) atoms. The van der Waals surface area contributed by atoms with Gasteiger partial charge in [-0.1, -0.05) is 12.1 Å². The van der Waals surface area contributed by atoms with Crippen molar-refractivity contribution in [1.29, 1.82) is 0 Å². The normalized spacial score (nSPS) is 12.2. The second kappa shape index (κ2) is 6.61. The van der Waals surface area contributed by atoms with Crippen molar-refractivity contribution in [2.45, 2.75) is 32.5 Å². The number of nitrogens with one attached hydrogen (secondary N) is 1. The van der Waals surface area contributed by atoms with Crippen molar-refractivity contribution < 1.29 is 22.7 Å². The lowest BCUT2D eigenvalue weighted by Crippen LogP contribution is -2.27. The van der Waals surface area contributed by atoms with Gasteiger partial charge in [0, 0.05) is 11.8 Å². The summed E-state index contributed by atoms with van der Waals surface area (Å²) in [6, 6.07) is 8.29. The highest BCUT2D eigenvalue weighted by molar-refractivity contribution is 5.85. The lowest BCUT2D eigenvalue weighted by molar-refractivity contribution is -0.137. The third-order valence-electron chi connectivity index (χ3n) is 3.63. The molecule has 3 rings (SSSR count). The van der Waals surface area contributed by atoms with Gasteiger partial charge in [-0.15, -0.1) is 0 Å². The number of carbonyl (C=O) groups excluding carboxylic acids is 1. The third kappa shape index (κ3) is 4.39. The molecule has 0 fully saturated rings. The second-order valence-corrected chi connectivity index (χ2v) is 6.98. The number of amides is 1. The number of carbonyl (C=O) groups is 1. The maximum absolute atomic E-state index is 12.8. The Morgan fingerprint density at radius 3 is 2.37 bits per heavy atom. The molecular formula is C19H18F3N3O2. The van der Waals surface area contributed by atoms with E-state index in [1.54, 1.807) is 49.7 Å². The fourth-order valence-corrected chi connectivity index (χ4v) is 2.54. The summed E-state index contributed by atoms with van der Waals surface area (Å²) in [6.45, 7) is 5.22. The van der Waals surface area contributed by atoms with E-state index in [4.69, 9.17) is 4.74 Å². The van der Waals surface area contributed by atoms with Crippen molar-refractivity contribution in [2.75, 3.05) is 5.32 Å². The molecule has 0 atom stereocenters. The smallest absolute Gasteiger partial charge is 0.416 e. The molecule has 0 aliphatic rings. The molecule has 0 unspecified atom stereocenters. The van der Waals surface area contributed by atoms with Crippen molar-refractivity contribution >= 4 is 17.4 Å². The fourth-order valence-electron chi connectivity index (χ4n) is 2.54. The zero-order chi connectivity index (χ0) is 19.8. The van der Waals surface area contributed by atoms with Crippen LogP contribution in [0.15, 0.2) is 48.8 Å². The van der Waals surface area contributed by atoms with Gasteiger partial charge < -0.3 is 9.14 Å². The van der Waals surface area contributed by atoms with Crippen molar-refractivity contribution in [3.8, 4) is 11.3 Å². The van der Waals surface area contributed by atoms with E-state index in [0.717, 1.165) is 12.1 Å². The number of benzene rings is 1. The molecule has 0 aliphatic heterocycles. The minimum Gasteiger partial charge on any atom is -0.444 e. The van der Waals surface area contributed by atoms with E-state index in [9.17, 15) is 18.0 Å². The van der Waals surface area contributed by atoms with E-state index < -0.39 is 23.4 Å². The number of aromatic nitrogens is 2. The Balaban J connectivity index is 1.98. The predicted molar refractivity (Wildman–Crippen MR) is 95.5 cm³/mol. The number of hydrogen-bond acceptors (Lipinski definition) is 3. The summed E-state index contributed by atoms with van der Waals surface area (Å²) >= 11 is 0. The molecule has 5 nitrogen and oxygen atoms in total. The number of ether oxygens (including phenoxy) is 1. The first-order valence-corrected chi connectivity index (χ1v) is 8.18. The van der Waals surface area contributed by atoms with Crippen molar-refractivity contribution in [3.05, 3.63) is 54.4 Å². The summed E-state index contributed by atoms with van der Waals surface area (Å²) < 4.78 is 45.3. The molecule has 0 saturated carbocycles. The van der Waals surface area contributed by atoms with E-state index in [1.807, 2.05) is 0 Å². The summed E-state index contributed by atoms with van der Waals surface area (Å²) in [6.07, 6.45) is -1.71. The molecule has 2 heterocycles. The Hall–Kier alpha value is -3.03. The van der Waals surface area contributed by atoms with E-state index >= 15 is 0 Å². The molecule has 8 heteroatoms. The summed E-state index contributed by atoms with van der Waals surface area (Å²) in [5, 5.41) is 2.55. The van der Waals surface area contributed by atoms with Gasteiger partial charge >= 0.3 is 12.3 Å². The largest absolute Gasteiger partial charge is 0.444 e. The second-order valence-electron chi connectivity index (χ2n) is 6.98. The van der Waals surface area contributed by atoms with Gasteiger partial charge in [-0.05, 0) is 45.0 Å². The number of fused-ring (bicyclic) bond motifs is 1. The Kier molecular flexibility index (Phi) is 4.59. The predicted octanol–water partition coefficient (Wildman–Crippen LogP) is 5.37. The molecule has 3 aromatic rings. The maximum Gasteiger partial charge on any atom is 0.416 e. The first kappa shape index (κ1) is 18.8. The zero-order valence-corrected chi connectivity index (χ0v) is 15.0. The summed E-state index contributed by atoms with van der Waals surface area (Å²) in [7, 11) is 0. The molecule has 1 N–H and O–H groups in total. The van der Waals surface area contributed by atoms with Gasteiger partial charge in [-0.3, -0.25) is 5.32 Å². The van der Waals surface area contributed by atoms with Crippen LogP contribution in [-0.4, -0.2) is 21.1 Å². The van der Waals surface area contributed by atoms with Crippen LogP contribution in [0.1, 0.15) is 26.3 Å². The lowest BCUT2D eigenvalue weighted by atomic mass is 10.1. The SMILES string of the molecule is CC(C)(C)OC(=O)Nc1cn2cccc2c(-c2ccc(C(F)(F)F)cc2)n1. The standard InChI is InChI=1S/C19H18F3N3O2/c1-18(2,3)27-17(26)24-15-11-25-10-4-5-14(25)16(23-15)12-6-8-13(9-7-12)19(20,21)22/h4-11H,1-3H3,(H,24,26). The summed E-state index contributed by atoms with van der Waals surface area (Å²) in [4.78, 5) is 16.4. The first-order chi connectivity index (χ1) is 12.5. The molecule has 1 amide bonds. The van der Waals surface area contributed by atoms with Gasteiger partial charge in [-0.25, -0.2) is 9.78 Å². The van der Waals surface area contributed by atoms with Gasteiger partial charge in [0.2, 0.25) is 0 Å². The van der Waals surface area contributed by atoms with Crippen LogP contribution >= 0.6 is 0 Å². The Morgan fingerprint density at radius 1 is 1.11 bits per heavy atom. The van der Waals surface area contributed by atoms with Crippen LogP contribution in [0.4, 0.5) is 23.8 Å². The Morgan fingerprint density at radius 2 is 1.78 bits per heavy atom. The van der Waals surface area contributed by atoms with Crippen molar-refractivity contribution in [3.63, 3.8) is 0 Å². The van der Waals surface area contributed by atoms with E-state index in [2.05, 4.69) is 10.3 Å². The number of anilines is 1. The van der Waals surface area contributed by atoms with Crippen LogP contribution in [0, 0.1) is 0 Å². The highest BCUT2D eigenvalue weighted by atomic mass is 19.4. The molecule has 0 spiro atoms. The molecule has 0 aliphatic carbocycles. The molecule has 0 bridgehead atoms. The molecule has 142 valence electrons. The topological polar surface area (TPSA) is 55.6 Å². The average molecular weight is 377 g/mol. The molecule has 0 radical (unpaired) electrons. The van der Waals surface area contributed by atoms with Crippen LogP contribution < -0.4 is 5.32 Å². The van der Waals surface area contributed by atoms with Crippen LogP contribution in [0.2, 0.25) is 0 Å². The summed E-state index contributed by atoms with van der Waals surface area (Å²) in [5.41, 5.74) is 0.241. The van der Waals surface area contributed by atoms with Crippen LogP contribution in [-0.2, 0) is 10.9 Å². The first-order valence-electron chi connectivity index (χ1n) is 8.18. The van der Waals surface area contributed by atoms with Crippen molar-refractivity contribution in [1.82, 2.24) is 9.38 Å². The number of rotatable bonds is 2. The molecular weight excluding hydrogens is 359 g/mol. The van der Waals surface area contributed by atoms with Crippen LogP contribution in [0.25, 0.3) is 16.8 Å². The molecule has 1 aromatic carbocycles. The van der Waals surface area contributed by atoms with Gasteiger partial charge in [0.1, 0.15) is 5.60 Å². The fraction of sp³-hybridized carbons (Fsp3) is 0.263. The van der Waals surface area contributed by atoms with E-state index in [0.29, 0.717) is 16.8 Å². The van der Waals surface area contributed by atoms with E-state index in [1.165, 1.54) is 12.1 Å². The maximum atomic E-state index is 12.8. The lowest BCUT2D eigenvalue weighted by Gasteiger charge is -2.19. The van der Waals surface area contributed by atoms with E-state index in [-0.39, 0.29) is 5.82 Å². The molecule has 2 aromatic heterocycles. The number of hydrogen-bond donors (Lipinski definition) is 1. The monoisotopic (exact) mass is 377 g/mol. The minimum atomic E-state index is -4.41. The Bertz CT molecular complexity index is 971. The zero-order valence-electron chi connectivity index (χ0n) is 15.0. The van der Waals surface area contributed by atoms with Gasteiger partial charge in [0.15, 0.2) is 5.82 Å². The van der Waals surface area contributed by atoms with Crippen LogP contribution in [0.5, 0.6) is 0 Å². The third-order valence-corrected chi connectivity index (χ3v) is 3.63. The number of nitrogens with zero attached hydrogens (tertiary/aromatic N) is 2.